The summed E-state index contributed by atoms with van der Waals surface area (Å²) in [4.78, 5) is 11.4. The SMILES string of the molecule is Cc1ccccc1C#CCCNC(=O)OC(C)(C)C. The Balaban J connectivity index is 2.33. The van der Waals surface area contributed by atoms with Crippen molar-refractivity contribution in [1.82, 2.24) is 5.32 Å². The van der Waals surface area contributed by atoms with Crippen LogP contribution in [0.25, 0.3) is 0 Å². The molecular weight excluding hydrogens is 238 g/mol. The molecule has 3 nitrogen and oxygen atoms in total. The number of hydrogen-bond acceptors (Lipinski definition) is 2. The van der Waals surface area contributed by atoms with Gasteiger partial charge < -0.3 is 10.1 Å². The van der Waals surface area contributed by atoms with E-state index in [2.05, 4.69) is 17.2 Å². The first-order valence-corrected chi connectivity index (χ1v) is 6.40. The van der Waals surface area contributed by atoms with Gasteiger partial charge in [-0.05, 0) is 39.3 Å². The second-order valence-electron chi connectivity index (χ2n) is 5.30. The number of rotatable bonds is 2. The Labute approximate surface area is 115 Å². The van der Waals surface area contributed by atoms with Gasteiger partial charge in [-0.25, -0.2) is 4.79 Å². The lowest BCUT2D eigenvalue weighted by Gasteiger charge is -2.19. The maximum Gasteiger partial charge on any atom is 0.407 e. The number of hydrogen-bond donors (Lipinski definition) is 1. The van der Waals surface area contributed by atoms with Crippen LogP contribution in [0.2, 0.25) is 0 Å². The monoisotopic (exact) mass is 259 g/mol. The molecule has 0 atom stereocenters. The highest BCUT2D eigenvalue weighted by molar-refractivity contribution is 5.67. The van der Waals surface area contributed by atoms with E-state index in [0.29, 0.717) is 13.0 Å². The lowest BCUT2D eigenvalue weighted by atomic mass is 10.1. The second-order valence-corrected chi connectivity index (χ2v) is 5.30. The van der Waals surface area contributed by atoms with Crippen LogP contribution < -0.4 is 5.32 Å². The number of amides is 1. The van der Waals surface area contributed by atoms with Crippen molar-refractivity contribution >= 4 is 6.09 Å². The third kappa shape index (κ3) is 6.52. The van der Waals surface area contributed by atoms with E-state index in [1.807, 2.05) is 52.0 Å². The molecule has 0 bridgehead atoms. The van der Waals surface area contributed by atoms with E-state index in [1.165, 1.54) is 0 Å². The van der Waals surface area contributed by atoms with E-state index in [9.17, 15) is 4.79 Å². The van der Waals surface area contributed by atoms with Crippen LogP contribution in [0.3, 0.4) is 0 Å². The lowest BCUT2D eigenvalue weighted by Crippen LogP contribution is -2.32. The summed E-state index contributed by atoms with van der Waals surface area (Å²) >= 11 is 0. The number of carbonyl (C=O) groups excluding carboxylic acids is 1. The molecule has 3 heteroatoms. The molecule has 0 radical (unpaired) electrons. The van der Waals surface area contributed by atoms with Gasteiger partial charge in [0.25, 0.3) is 0 Å². The summed E-state index contributed by atoms with van der Waals surface area (Å²) in [5, 5.41) is 2.68. The van der Waals surface area contributed by atoms with E-state index in [1.54, 1.807) is 0 Å². The highest BCUT2D eigenvalue weighted by atomic mass is 16.6. The van der Waals surface area contributed by atoms with Crippen molar-refractivity contribution in [2.24, 2.45) is 0 Å². The number of ether oxygens (including phenoxy) is 1. The molecule has 1 rings (SSSR count). The molecule has 0 fully saturated rings. The number of carbonyl (C=O) groups is 1. The minimum atomic E-state index is -0.461. The Morgan fingerprint density at radius 3 is 2.63 bits per heavy atom. The van der Waals surface area contributed by atoms with Crippen LogP contribution in [0.15, 0.2) is 24.3 Å². The van der Waals surface area contributed by atoms with Gasteiger partial charge in [0.05, 0.1) is 0 Å². The van der Waals surface area contributed by atoms with Crippen LogP contribution in [0.4, 0.5) is 4.79 Å². The van der Waals surface area contributed by atoms with Gasteiger partial charge in [0.2, 0.25) is 0 Å². The van der Waals surface area contributed by atoms with Crippen LogP contribution in [-0.2, 0) is 4.74 Å². The lowest BCUT2D eigenvalue weighted by molar-refractivity contribution is 0.0529. The standard InChI is InChI=1S/C16H21NO2/c1-13-9-5-6-10-14(13)11-7-8-12-17-15(18)19-16(2,3)4/h5-6,9-10H,8,12H2,1-4H3,(H,17,18). The molecule has 0 saturated carbocycles. The Bertz CT molecular complexity index is 489. The molecular formula is C16H21NO2. The molecule has 1 N–H and O–H groups in total. The maximum atomic E-state index is 11.4. The molecule has 0 aliphatic heterocycles. The summed E-state index contributed by atoms with van der Waals surface area (Å²) in [6, 6.07) is 7.98. The summed E-state index contributed by atoms with van der Waals surface area (Å²) in [6.07, 6.45) is 0.207. The van der Waals surface area contributed by atoms with Crippen molar-refractivity contribution in [1.29, 1.82) is 0 Å². The van der Waals surface area contributed by atoms with Gasteiger partial charge >= 0.3 is 6.09 Å². The first-order valence-electron chi connectivity index (χ1n) is 6.40. The van der Waals surface area contributed by atoms with Crippen LogP contribution in [-0.4, -0.2) is 18.2 Å². The van der Waals surface area contributed by atoms with Crippen molar-refractivity contribution in [3.63, 3.8) is 0 Å². The topological polar surface area (TPSA) is 38.3 Å². The highest BCUT2D eigenvalue weighted by Gasteiger charge is 2.15. The van der Waals surface area contributed by atoms with Crippen LogP contribution in [0.1, 0.15) is 38.3 Å². The Kier molecular flexibility index (Phi) is 5.44. The summed E-state index contributed by atoms with van der Waals surface area (Å²) in [6.45, 7) is 8.04. The third-order valence-corrected chi connectivity index (χ3v) is 2.29. The largest absolute Gasteiger partial charge is 0.444 e. The van der Waals surface area contributed by atoms with E-state index in [4.69, 9.17) is 4.74 Å². The fourth-order valence-corrected chi connectivity index (χ4v) is 1.41. The van der Waals surface area contributed by atoms with Gasteiger partial charge in [-0.1, -0.05) is 30.0 Å². The second kappa shape index (κ2) is 6.84. The van der Waals surface area contributed by atoms with Gasteiger partial charge in [0, 0.05) is 18.5 Å². The van der Waals surface area contributed by atoms with Gasteiger partial charge in [-0.2, -0.15) is 0 Å². The summed E-state index contributed by atoms with van der Waals surface area (Å²) in [5.41, 5.74) is 1.73. The van der Waals surface area contributed by atoms with E-state index in [0.717, 1.165) is 11.1 Å². The molecule has 0 heterocycles. The van der Waals surface area contributed by atoms with Crippen molar-refractivity contribution in [3.05, 3.63) is 35.4 Å². The molecule has 1 amide bonds. The first kappa shape index (κ1) is 15.1. The number of alkyl carbamates (subject to hydrolysis) is 1. The van der Waals surface area contributed by atoms with Gasteiger partial charge in [-0.3, -0.25) is 0 Å². The summed E-state index contributed by atoms with van der Waals surface area (Å²) in [5.74, 6) is 6.13. The van der Waals surface area contributed by atoms with Crippen molar-refractivity contribution < 1.29 is 9.53 Å². The molecule has 19 heavy (non-hydrogen) atoms. The highest BCUT2D eigenvalue weighted by Crippen LogP contribution is 2.06. The normalized spacial score (nSPS) is 10.3. The van der Waals surface area contributed by atoms with Gasteiger partial charge in [-0.15, -0.1) is 0 Å². The number of aryl methyl sites for hydroxylation is 1. The van der Waals surface area contributed by atoms with E-state index >= 15 is 0 Å². The van der Waals surface area contributed by atoms with Crippen molar-refractivity contribution in [3.8, 4) is 11.8 Å². The minimum Gasteiger partial charge on any atom is -0.444 e. The molecule has 1 aromatic rings. The smallest absolute Gasteiger partial charge is 0.407 e. The van der Waals surface area contributed by atoms with E-state index in [-0.39, 0.29) is 0 Å². The predicted octanol–water partition coefficient (Wildman–Crippen LogP) is 3.26. The molecule has 0 saturated heterocycles. The Hall–Kier alpha value is -1.95. The molecule has 0 aromatic heterocycles. The summed E-state index contributed by atoms with van der Waals surface area (Å²) in [7, 11) is 0. The maximum absolute atomic E-state index is 11.4. The van der Waals surface area contributed by atoms with Crippen molar-refractivity contribution in [2.45, 2.75) is 39.7 Å². The van der Waals surface area contributed by atoms with Crippen LogP contribution in [0.5, 0.6) is 0 Å². The van der Waals surface area contributed by atoms with Gasteiger partial charge in [0.15, 0.2) is 0 Å². The fourth-order valence-electron chi connectivity index (χ4n) is 1.41. The Morgan fingerprint density at radius 2 is 2.00 bits per heavy atom. The third-order valence-electron chi connectivity index (χ3n) is 2.29. The fraction of sp³-hybridized carbons (Fsp3) is 0.438. The average Bonchev–Trinajstić information content (AvgIpc) is 2.28. The van der Waals surface area contributed by atoms with Crippen LogP contribution in [0, 0.1) is 18.8 Å². The zero-order valence-electron chi connectivity index (χ0n) is 12.0. The molecule has 0 aliphatic rings. The molecule has 0 spiro atoms. The molecule has 0 unspecified atom stereocenters. The molecule has 0 aliphatic carbocycles. The zero-order valence-corrected chi connectivity index (χ0v) is 12.0. The van der Waals surface area contributed by atoms with Crippen molar-refractivity contribution in [2.75, 3.05) is 6.54 Å². The van der Waals surface area contributed by atoms with E-state index < -0.39 is 11.7 Å². The quantitative estimate of drug-likeness (QED) is 0.654. The number of benzene rings is 1. The van der Waals surface area contributed by atoms with Crippen LogP contribution >= 0.6 is 0 Å². The number of nitrogens with one attached hydrogen (secondary N) is 1. The summed E-state index contributed by atoms with van der Waals surface area (Å²) < 4.78 is 5.12. The average molecular weight is 259 g/mol. The zero-order chi connectivity index (χ0) is 14.3. The molecule has 102 valence electrons. The minimum absolute atomic E-state index is 0.398. The van der Waals surface area contributed by atoms with Gasteiger partial charge in [0.1, 0.15) is 5.60 Å². The molecule has 1 aromatic carbocycles. The Morgan fingerprint density at radius 1 is 1.32 bits per heavy atom. The predicted molar refractivity (Wildman–Crippen MR) is 76.9 cm³/mol. The first-order chi connectivity index (χ1) is 8.88.